The number of carbonyl (C=O) groups is 2. The standard InChI is InChI=1S/C19H19BrN2O4/c1-25-14-8-15(26-2)13(20)7-12(14)9-21-22-18(23)16-10-3-4-11(6-5-10)17(16)19(22)24/h3-4,7-11,16-17H,5-6H2,1-2H3/b21-9-/t10-,11-,16+,17+/m0/s1. The highest BCUT2D eigenvalue weighted by atomic mass is 79.9. The van der Waals surface area contributed by atoms with Crippen LogP contribution < -0.4 is 9.47 Å². The first-order valence-electron chi connectivity index (χ1n) is 8.56. The van der Waals surface area contributed by atoms with Gasteiger partial charge in [-0.3, -0.25) is 9.59 Å². The van der Waals surface area contributed by atoms with Gasteiger partial charge in [0.25, 0.3) is 11.8 Å². The molecular formula is C19H19BrN2O4. The molecule has 1 saturated heterocycles. The van der Waals surface area contributed by atoms with Gasteiger partial charge in [-0.05, 0) is 46.7 Å². The minimum absolute atomic E-state index is 0.159. The number of methoxy groups -OCH3 is 2. The van der Waals surface area contributed by atoms with Gasteiger partial charge in [-0.25, -0.2) is 0 Å². The molecule has 4 atom stereocenters. The zero-order chi connectivity index (χ0) is 18.4. The van der Waals surface area contributed by atoms with Crippen molar-refractivity contribution in [2.24, 2.45) is 28.8 Å². The number of ether oxygens (including phenoxy) is 2. The zero-order valence-corrected chi connectivity index (χ0v) is 16.1. The molecule has 0 radical (unpaired) electrons. The maximum absolute atomic E-state index is 12.8. The van der Waals surface area contributed by atoms with E-state index in [1.165, 1.54) is 6.21 Å². The summed E-state index contributed by atoms with van der Waals surface area (Å²) in [5, 5.41) is 5.27. The summed E-state index contributed by atoms with van der Waals surface area (Å²) in [6.07, 6.45) is 7.62. The van der Waals surface area contributed by atoms with E-state index < -0.39 is 0 Å². The fourth-order valence-electron chi connectivity index (χ4n) is 4.28. The van der Waals surface area contributed by atoms with Gasteiger partial charge >= 0.3 is 0 Å². The van der Waals surface area contributed by atoms with Gasteiger partial charge in [0, 0.05) is 11.6 Å². The van der Waals surface area contributed by atoms with E-state index in [1.807, 2.05) is 0 Å². The van der Waals surface area contributed by atoms with Crippen LogP contribution >= 0.6 is 15.9 Å². The lowest BCUT2D eigenvalue weighted by molar-refractivity contribution is -0.140. The Morgan fingerprint density at radius 2 is 1.62 bits per heavy atom. The first-order valence-corrected chi connectivity index (χ1v) is 9.36. The number of carbonyl (C=O) groups excluding carboxylic acids is 2. The van der Waals surface area contributed by atoms with E-state index in [-0.39, 0.29) is 35.5 Å². The average Bonchev–Trinajstić information content (AvgIpc) is 2.94. The van der Waals surface area contributed by atoms with Crippen LogP contribution in [0.3, 0.4) is 0 Å². The first kappa shape index (κ1) is 17.3. The van der Waals surface area contributed by atoms with Crippen molar-refractivity contribution in [2.75, 3.05) is 14.2 Å². The van der Waals surface area contributed by atoms with E-state index in [9.17, 15) is 9.59 Å². The number of halogens is 1. The van der Waals surface area contributed by atoms with Crippen molar-refractivity contribution < 1.29 is 19.1 Å². The quantitative estimate of drug-likeness (QED) is 0.428. The zero-order valence-electron chi connectivity index (χ0n) is 14.5. The summed E-state index contributed by atoms with van der Waals surface area (Å²) in [7, 11) is 3.11. The molecular weight excluding hydrogens is 400 g/mol. The summed E-state index contributed by atoms with van der Waals surface area (Å²) in [5.41, 5.74) is 0.650. The third-order valence-electron chi connectivity index (χ3n) is 5.55. The lowest BCUT2D eigenvalue weighted by atomic mass is 9.63. The Kier molecular flexibility index (Phi) is 4.34. The van der Waals surface area contributed by atoms with Gasteiger partial charge in [0.2, 0.25) is 0 Å². The monoisotopic (exact) mass is 418 g/mol. The fourth-order valence-corrected chi connectivity index (χ4v) is 4.80. The Morgan fingerprint density at radius 1 is 1.04 bits per heavy atom. The summed E-state index contributed by atoms with van der Waals surface area (Å²) in [6.45, 7) is 0. The molecule has 2 amide bonds. The van der Waals surface area contributed by atoms with E-state index >= 15 is 0 Å². The van der Waals surface area contributed by atoms with E-state index in [1.54, 1.807) is 26.4 Å². The van der Waals surface area contributed by atoms with Crippen LogP contribution in [0.4, 0.5) is 0 Å². The van der Waals surface area contributed by atoms with Crippen LogP contribution in [-0.2, 0) is 9.59 Å². The van der Waals surface area contributed by atoms with Crippen LogP contribution in [0.1, 0.15) is 18.4 Å². The topological polar surface area (TPSA) is 68.2 Å². The number of imide groups is 1. The maximum atomic E-state index is 12.8. The number of benzene rings is 1. The molecule has 3 aliphatic carbocycles. The predicted octanol–water partition coefficient (Wildman–Crippen LogP) is 3.00. The Morgan fingerprint density at radius 3 is 2.12 bits per heavy atom. The lowest BCUT2D eigenvalue weighted by Gasteiger charge is -2.37. The molecule has 5 rings (SSSR count). The van der Waals surface area contributed by atoms with Crippen molar-refractivity contribution in [3.8, 4) is 11.5 Å². The molecule has 136 valence electrons. The van der Waals surface area contributed by atoms with Crippen LogP contribution in [0.25, 0.3) is 0 Å². The molecule has 2 fully saturated rings. The lowest BCUT2D eigenvalue weighted by Crippen LogP contribution is -2.38. The fraction of sp³-hybridized carbons (Fsp3) is 0.421. The number of nitrogens with zero attached hydrogens (tertiary/aromatic N) is 2. The number of rotatable bonds is 4. The molecule has 1 aromatic rings. The maximum Gasteiger partial charge on any atom is 0.254 e. The molecule has 1 aliphatic heterocycles. The van der Waals surface area contributed by atoms with E-state index in [4.69, 9.17) is 9.47 Å². The molecule has 0 unspecified atom stereocenters. The number of fused-ring (bicyclic) bond motifs is 1. The molecule has 1 heterocycles. The van der Waals surface area contributed by atoms with Crippen LogP contribution in [0, 0.1) is 23.7 Å². The Labute approximate surface area is 160 Å². The van der Waals surface area contributed by atoms with Crippen LogP contribution in [-0.4, -0.2) is 37.3 Å². The van der Waals surface area contributed by atoms with E-state index in [2.05, 4.69) is 33.2 Å². The number of hydrazone groups is 1. The summed E-state index contributed by atoms with van der Waals surface area (Å²) >= 11 is 3.42. The van der Waals surface area contributed by atoms with Gasteiger partial charge in [-0.15, -0.1) is 0 Å². The van der Waals surface area contributed by atoms with Gasteiger partial charge in [-0.2, -0.15) is 10.1 Å². The second kappa shape index (κ2) is 6.54. The SMILES string of the molecule is COc1cc(OC)c(/C=N\N2C(=O)[C@H]3[C@H](C2=O)[C@H]2C=C[C@H]3CC2)cc1Br. The average molecular weight is 419 g/mol. The molecule has 0 aromatic heterocycles. The van der Waals surface area contributed by atoms with Gasteiger partial charge in [-0.1, -0.05) is 12.2 Å². The number of hydrogen-bond acceptors (Lipinski definition) is 5. The highest BCUT2D eigenvalue weighted by molar-refractivity contribution is 9.10. The van der Waals surface area contributed by atoms with Crippen molar-refractivity contribution in [2.45, 2.75) is 12.8 Å². The molecule has 6 nitrogen and oxygen atoms in total. The normalized spacial score (nSPS) is 29.6. The summed E-state index contributed by atoms with van der Waals surface area (Å²) in [6, 6.07) is 3.51. The predicted molar refractivity (Wildman–Crippen MR) is 99.0 cm³/mol. The molecule has 4 aliphatic rings. The summed E-state index contributed by atoms with van der Waals surface area (Å²) < 4.78 is 11.3. The van der Waals surface area contributed by atoms with E-state index in [0.29, 0.717) is 17.1 Å². The largest absolute Gasteiger partial charge is 0.496 e. The second-order valence-corrected chi connectivity index (χ2v) is 7.66. The molecule has 7 heteroatoms. The highest BCUT2D eigenvalue weighted by Crippen LogP contribution is 2.49. The summed E-state index contributed by atoms with van der Waals surface area (Å²) in [5.74, 6) is 0.593. The van der Waals surface area contributed by atoms with Gasteiger partial charge in [0.1, 0.15) is 11.5 Å². The third kappa shape index (κ3) is 2.57. The smallest absolute Gasteiger partial charge is 0.254 e. The highest BCUT2D eigenvalue weighted by Gasteiger charge is 2.56. The molecule has 1 aromatic carbocycles. The Hall–Kier alpha value is -2.15. The van der Waals surface area contributed by atoms with Crippen molar-refractivity contribution in [3.05, 3.63) is 34.3 Å². The molecule has 0 spiro atoms. The van der Waals surface area contributed by atoms with Gasteiger partial charge < -0.3 is 9.47 Å². The Bertz CT molecular complexity index is 803. The van der Waals surface area contributed by atoms with Crippen molar-refractivity contribution >= 4 is 34.0 Å². The van der Waals surface area contributed by atoms with Gasteiger partial charge in [0.15, 0.2) is 0 Å². The summed E-state index contributed by atoms with van der Waals surface area (Å²) in [4.78, 5) is 25.6. The number of hydrogen-bond donors (Lipinski definition) is 0. The molecule has 26 heavy (non-hydrogen) atoms. The Balaban J connectivity index is 1.63. The molecule has 0 N–H and O–H groups in total. The van der Waals surface area contributed by atoms with E-state index in [0.717, 1.165) is 22.3 Å². The molecule has 1 saturated carbocycles. The van der Waals surface area contributed by atoms with Crippen LogP contribution in [0.5, 0.6) is 11.5 Å². The van der Waals surface area contributed by atoms with Crippen LogP contribution in [0.15, 0.2) is 33.9 Å². The van der Waals surface area contributed by atoms with Crippen molar-refractivity contribution in [3.63, 3.8) is 0 Å². The number of allylic oxidation sites excluding steroid dienone is 2. The minimum atomic E-state index is -0.257. The third-order valence-corrected chi connectivity index (χ3v) is 6.17. The minimum Gasteiger partial charge on any atom is -0.496 e. The first-order chi connectivity index (χ1) is 12.5. The number of amides is 2. The van der Waals surface area contributed by atoms with Crippen LogP contribution in [0.2, 0.25) is 0 Å². The van der Waals surface area contributed by atoms with Gasteiger partial charge in [0.05, 0.1) is 36.7 Å². The second-order valence-electron chi connectivity index (χ2n) is 6.80. The van der Waals surface area contributed by atoms with Crippen molar-refractivity contribution in [1.82, 2.24) is 5.01 Å². The van der Waals surface area contributed by atoms with Crippen molar-refractivity contribution in [1.29, 1.82) is 0 Å². The molecule has 2 bridgehead atoms.